The van der Waals surface area contributed by atoms with E-state index in [0.717, 1.165) is 20.5 Å². The van der Waals surface area contributed by atoms with Crippen LogP contribution < -0.4 is 14.5 Å². The second kappa shape index (κ2) is 9.40. The Morgan fingerprint density at radius 3 is 2.50 bits per heavy atom. The maximum atomic E-state index is 13.1. The highest BCUT2D eigenvalue weighted by Gasteiger charge is 2.34. The smallest absolute Gasteiger partial charge is 0.343 e. The molecule has 0 aliphatic carbocycles. The summed E-state index contributed by atoms with van der Waals surface area (Å²) in [4.78, 5) is 24.9. The Bertz CT molecular complexity index is 1040. The van der Waals surface area contributed by atoms with Gasteiger partial charge in [-0.3, -0.25) is 9.47 Å². The molecule has 1 amide bonds. The van der Waals surface area contributed by atoms with Crippen LogP contribution in [-0.2, 0) is 14.3 Å². The van der Waals surface area contributed by atoms with Gasteiger partial charge in [0.15, 0.2) is 22.4 Å². The number of rotatable bonds is 6. The number of aryl methyl sites for hydroxylation is 2. The Morgan fingerprint density at radius 1 is 1.23 bits per heavy atom. The summed E-state index contributed by atoms with van der Waals surface area (Å²) in [7, 11) is 2.81. The Balaban J connectivity index is 1.91. The summed E-state index contributed by atoms with van der Waals surface area (Å²) in [6.45, 7) is 3.63. The van der Waals surface area contributed by atoms with Gasteiger partial charge in [-0.1, -0.05) is 11.8 Å². The topological polar surface area (TPSA) is 70.0 Å². The lowest BCUT2D eigenvalue weighted by Crippen LogP contribution is -2.39. The highest BCUT2D eigenvalue weighted by atomic mass is 127. The van der Waals surface area contributed by atoms with Gasteiger partial charge in [-0.25, -0.2) is 4.79 Å². The fraction of sp³-hybridized carbons (Fsp3) is 0.250. The first-order valence-electron chi connectivity index (χ1n) is 8.77. The lowest BCUT2D eigenvalue weighted by Gasteiger charge is -2.20. The summed E-state index contributed by atoms with van der Waals surface area (Å²) in [5.41, 5.74) is 2.60. The van der Waals surface area contributed by atoms with Crippen LogP contribution >= 0.6 is 46.6 Å². The zero-order valence-electron chi connectivity index (χ0n) is 16.7. The molecule has 1 aliphatic rings. The van der Waals surface area contributed by atoms with Crippen LogP contribution in [0.2, 0.25) is 0 Å². The second-order valence-electron chi connectivity index (χ2n) is 6.32. The first-order valence-corrected chi connectivity index (χ1v) is 11.1. The van der Waals surface area contributed by atoms with E-state index in [-0.39, 0.29) is 12.5 Å². The van der Waals surface area contributed by atoms with Crippen molar-refractivity contribution in [1.29, 1.82) is 0 Å². The largest absolute Gasteiger partial charge is 0.493 e. The number of methoxy groups -OCH3 is 2. The van der Waals surface area contributed by atoms with Gasteiger partial charge in [-0.2, -0.15) is 5.01 Å². The predicted molar refractivity (Wildman–Crippen MR) is 129 cm³/mol. The van der Waals surface area contributed by atoms with Gasteiger partial charge >= 0.3 is 5.97 Å². The predicted octanol–water partition coefficient (Wildman–Crippen LogP) is 3.81. The number of carbonyl (C=O) groups is 2. The number of ether oxygens (including phenoxy) is 3. The van der Waals surface area contributed by atoms with Crippen molar-refractivity contribution in [3.8, 4) is 11.5 Å². The number of halogens is 1. The average Bonchev–Trinajstić information content (AvgIpc) is 3.17. The lowest BCUT2D eigenvalue weighted by atomic mass is 10.2. The first kappa shape index (κ1) is 22.6. The van der Waals surface area contributed by atoms with Crippen molar-refractivity contribution in [2.24, 2.45) is 0 Å². The fourth-order valence-corrected chi connectivity index (χ4v) is 4.94. The Hall–Kier alpha value is -2.05. The van der Waals surface area contributed by atoms with E-state index in [0.29, 0.717) is 20.7 Å². The lowest BCUT2D eigenvalue weighted by molar-refractivity contribution is -0.142. The van der Waals surface area contributed by atoms with Crippen molar-refractivity contribution in [3.63, 3.8) is 0 Å². The summed E-state index contributed by atoms with van der Waals surface area (Å²) < 4.78 is 18.6. The molecule has 0 bridgehead atoms. The number of aromatic nitrogens is 1. The summed E-state index contributed by atoms with van der Waals surface area (Å²) in [6.07, 6.45) is 1.77. The minimum absolute atomic E-state index is 0.188. The number of thioether (sulfide) groups is 1. The van der Waals surface area contributed by atoms with E-state index < -0.39 is 5.97 Å². The molecule has 158 valence electrons. The molecule has 1 aliphatic heterocycles. The van der Waals surface area contributed by atoms with Crippen LogP contribution in [0.1, 0.15) is 17.0 Å². The molecule has 1 saturated heterocycles. The fourth-order valence-electron chi connectivity index (χ4n) is 2.91. The minimum Gasteiger partial charge on any atom is -0.493 e. The molecule has 0 unspecified atom stereocenters. The van der Waals surface area contributed by atoms with Crippen LogP contribution in [0.5, 0.6) is 11.5 Å². The van der Waals surface area contributed by atoms with Gasteiger partial charge in [0.05, 0.1) is 22.7 Å². The van der Waals surface area contributed by atoms with Gasteiger partial charge in [-0.15, -0.1) is 0 Å². The Morgan fingerprint density at radius 2 is 1.90 bits per heavy atom. The van der Waals surface area contributed by atoms with E-state index in [1.807, 2.05) is 36.7 Å². The van der Waals surface area contributed by atoms with Crippen molar-refractivity contribution < 1.29 is 23.8 Å². The maximum absolute atomic E-state index is 13.1. The quantitative estimate of drug-likeness (QED) is 0.231. The van der Waals surface area contributed by atoms with Gasteiger partial charge in [-0.05, 0) is 84.6 Å². The van der Waals surface area contributed by atoms with Crippen LogP contribution in [0.15, 0.2) is 29.2 Å². The summed E-state index contributed by atoms with van der Waals surface area (Å²) in [5.74, 6) is 0.208. The zero-order chi connectivity index (χ0) is 22.0. The summed E-state index contributed by atoms with van der Waals surface area (Å²) in [5, 5.41) is 1.51. The van der Waals surface area contributed by atoms with Crippen LogP contribution in [0.4, 0.5) is 0 Å². The first-order chi connectivity index (χ1) is 14.3. The third kappa shape index (κ3) is 4.49. The molecule has 1 fully saturated rings. The van der Waals surface area contributed by atoms with E-state index in [4.69, 9.17) is 21.7 Å². The van der Waals surface area contributed by atoms with E-state index in [1.165, 1.54) is 31.0 Å². The van der Waals surface area contributed by atoms with E-state index in [9.17, 15) is 9.59 Å². The number of carbonyl (C=O) groups excluding carboxylic acids is 2. The Labute approximate surface area is 197 Å². The standard InChI is InChI=1S/C20H19IN2O5S2/c1-11-5-6-12(2)22(11)23-19(25)16(30-20(23)29)9-13-7-14(21)18(15(8-13)26-3)28-10-17(24)27-4/h5-9H,10H2,1-4H3/b16-9-. The summed E-state index contributed by atoms with van der Waals surface area (Å²) >= 11 is 8.80. The molecule has 0 spiro atoms. The van der Waals surface area contributed by atoms with Gasteiger partial charge < -0.3 is 14.2 Å². The van der Waals surface area contributed by atoms with Crippen molar-refractivity contribution in [2.75, 3.05) is 25.8 Å². The third-order valence-electron chi connectivity index (χ3n) is 4.32. The number of thiocarbonyl (C=S) groups is 1. The molecule has 0 saturated carbocycles. The van der Waals surface area contributed by atoms with Crippen molar-refractivity contribution in [3.05, 3.63) is 49.7 Å². The van der Waals surface area contributed by atoms with Crippen LogP contribution in [-0.4, -0.2) is 41.7 Å². The van der Waals surface area contributed by atoms with Gasteiger partial charge in [0.1, 0.15) is 0 Å². The normalized spacial score (nSPS) is 15.1. The molecule has 2 aromatic rings. The van der Waals surface area contributed by atoms with Gasteiger partial charge in [0, 0.05) is 11.4 Å². The minimum atomic E-state index is -0.490. The number of benzene rings is 1. The Kier molecular flexibility index (Phi) is 7.09. The highest BCUT2D eigenvalue weighted by molar-refractivity contribution is 14.1. The van der Waals surface area contributed by atoms with Crippen LogP contribution in [0, 0.1) is 17.4 Å². The van der Waals surface area contributed by atoms with Crippen LogP contribution in [0.25, 0.3) is 6.08 Å². The monoisotopic (exact) mass is 558 g/mol. The molecular formula is C20H19IN2O5S2. The number of hydrogen-bond acceptors (Lipinski definition) is 7. The van der Waals surface area contributed by atoms with Crippen molar-refractivity contribution in [2.45, 2.75) is 13.8 Å². The maximum Gasteiger partial charge on any atom is 0.343 e. The van der Waals surface area contributed by atoms with Gasteiger partial charge in [0.2, 0.25) is 0 Å². The van der Waals surface area contributed by atoms with Gasteiger partial charge in [0.25, 0.3) is 5.91 Å². The molecule has 0 radical (unpaired) electrons. The SMILES string of the molecule is COC(=O)COc1c(I)cc(/C=C2\SC(=S)N(n3c(C)ccc3C)C2=O)cc1OC. The van der Waals surface area contributed by atoms with E-state index in [1.54, 1.807) is 12.1 Å². The number of esters is 1. The average molecular weight is 558 g/mol. The molecule has 1 aromatic heterocycles. The molecule has 0 N–H and O–H groups in total. The number of hydrogen-bond donors (Lipinski definition) is 0. The highest BCUT2D eigenvalue weighted by Crippen LogP contribution is 2.37. The van der Waals surface area contributed by atoms with E-state index in [2.05, 4.69) is 27.3 Å². The molecule has 10 heteroatoms. The molecule has 30 heavy (non-hydrogen) atoms. The molecule has 3 rings (SSSR count). The molecular weight excluding hydrogens is 539 g/mol. The number of amides is 1. The van der Waals surface area contributed by atoms with Crippen molar-refractivity contribution >= 4 is 68.8 Å². The summed E-state index contributed by atoms with van der Waals surface area (Å²) in [6, 6.07) is 7.47. The second-order valence-corrected chi connectivity index (χ2v) is 9.16. The zero-order valence-corrected chi connectivity index (χ0v) is 20.5. The van der Waals surface area contributed by atoms with Crippen LogP contribution in [0.3, 0.4) is 0 Å². The molecule has 7 nitrogen and oxygen atoms in total. The third-order valence-corrected chi connectivity index (χ3v) is 6.40. The molecule has 1 aromatic carbocycles. The van der Waals surface area contributed by atoms with Crippen molar-refractivity contribution in [1.82, 2.24) is 4.68 Å². The molecule has 2 heterocycles. The van der Waals surface area contributed by atoms with E-state index >= 15 is 0 Å². The molecule has 0 atom stereocenters. The number of nitrogens with zero attached hydrogens (tertiary/aromatic N) is 2.